The van der Waals surface area contributed by atoms with Crippen molar-refractivity contribution in [3.63, 3.8) is 0 Å². The fourth-order valence-corrected chi connectivity index (χ4v) is 1.60. The van der Waals surface area contributed by atoms with Crippen molar-refractivity contribution in [2.75, 3.05) is 6.61 Å². The van der Waals surface area contributed by atoms with Crippen molar-refractivity contribution in [2.24, 2.45) is 0 Å². The van der Waals surface area contributed by atoms with Gasteiger partial charge in [0.25, 0.3) is 0 Å². The van der Waals surface area contributed by atoms with Crippen LogP contribution in [-0.2, 0) is 20.7 Å². The second kappa shape index (κ2) is 7.41. The summed E-state index contributed by atoms with van der Waals surface area (Å²) in [5, 5.41) is 11.8. The number of benzene rings is 1. The Morgan fingerprint density at radius 1 is 1.26 bits per heavy atom. The zero-order chi connectivity index (χ0) is 14.3. The van der Waals surface area contributed by atoms with E-state index in [2.05, 4.69) is 5.32 Å². The van der Waals surface area contributed by atoms with Gasteiger partial charge in [-0.25, -0.2) is 4.79 Å². The van der Waals surface area contributed by atoms with E-state index in [-0.39, 0.29) is 18.3 Å². The summed E-state index contributed by atoms with van der Waals surface area (Å²) in [5.74, 6) is -0.483. The van der Waals surface area contributed by atoms with Crippen LogP contribution >= 0.6 is 0 Å². The average molecular weight is 265 g/mol. The van der Waals surface area contributed by atoms with E-state index < -0.39 is 12.0 Å². The van der Waals surface area contributed by atoms with Gasteiger partial charge in [0.1, 0.15) is 11.8 Å². The summed E-state index contributed by atoms with van der Waals surface area (Å²) >= 11 is 0. The number of carbonyl (C=O) groups excluding carboxylic acids is 2. The van der Waals surface area contributed by atoms with Crippen molar-refractivity contribution in [3.8, 4) is 5.75 Å². The number of ether oxygens (including phenoxy) is 1. The summed E-state index contributed by atoms with van der Waals surface area (Å²) < 4.78 is 4.94. The van der Waals surface area contributed by atoms with Crippen LogP contribution in [0.25, 0.3) is 0 Å². The van der Waals surface area contributed by atoms with Gasteiger partial charge in [-0.2, -0.15) is 0 Å². The Kier molecular flexibility index (Phi) is 5.85. The third-order valence-corrected chi connectivity index (χ3v) is 2.60. The minimum absolute atomic E-state index is 0.161. The Bertz CT molecular complexity index is 428. The van der Waals surface area contributed by atoms with E-state index in [1.165, 1.54) is 0 Å². The summed E-state index contributed by atoms with van der Waals surface area (Å²) in [4.78, 5) is 23.2. The Labute approximate surface area is 112 Å². The number of esters is 1. The van der Waals surface area contributed by atoms with Crippen molar-refractivity contribution < 1.29 is 19.4 Å². The normalized spacial score (nSPS) is 11.7. The molecule has 0 fully saturated rings. The van der Waals surface area contributed by atoms with Crippen LogP contribution in [0.4, 0.5) is 0 Å². The van der Waals surface area contributed by atoms with Crippen LogP contribution in [-0.4, -0.2) is 29.6 Å². The fraction of sp³-hybridized carbons (Fsp3) is 0.429. The van der Waals surface area contributed by atoms with E-state index in [1.54, 1.807) is 38.1 Å². The van der Waals surface area contributed by atoms with Crippen molar-refractivity contribution in [1.29, 1.82) is 0 Å². The second-order valence-electron chi connectivity index (χ2n) is 4.10. The molecule has 0 saturated carbocycles. The molecule has 0 saturated heterocycles. The summed E-state index contributed by atoms with van der Waals surface area (Å²) in [6.45, 7) is 3.71. The van der Waals surface area contributed by atoms with E-state index >= 15 is 0 Å². The van der Waals surface area contributed by atoms with E-state index in [1.807, 2.05) is 0 Å². The lowest BCUT2D eigenvalue weighted by atomic mass is 10.1. The van der Waals surface area contributed by atoms with Crippen molar-refractivity contribution >= 4 is 11.9 Å². The molecule has 1 rings (SSSR count). The zero-order valence-electron chi connectivity index (χ0n) is 11.2. The SMILES string of the molecule is CCOC(=O)[C@H](Cc1ccc(O)cc1)NC(=O)CC. The van der Waals surface area contributed by atoms with Gasteiger partial charge in [-0.15, -0.1) is 0 Å². The van der Waals surface area contributed by atoms with Crippen LogP contribution in [0.2, 0.25) is 0 Å². The Morgan fingerprint density at radius 3 is 2.42 bits per heavy atom. The van der Waals surface area contributed by atoms with Gasteiger partial charge in [0.2, 0.25) is 5.91 Å². The fourth-order valence-electron chi connectivity index (χ4n) is 1.60. The largest absolute Gasteiger partial charge is 0.508 e. The quantitative estimate of drug-likeness (QED) is 0.762. The molecule has 0 aromatic heterocycles. The predicted octanol–water partition coefficient (Wildman–Crippen LogP) is 1.39. The first-order chi connectivity index (χ1) is 9.06. The van der Waals surface area contributed by atoms with Gasteiger partial charge < -0.3 is 15.2 Å². The molecule has 0 heterocycles. The van der Waals surface area contributed by atoms with Gasteiger partial charge in [-0.05, 0) is 24.6 Å². The number of aromatic hydroxyl groups is 1. The first-order valence-corrected chi connectivity index (χ1v) is 6.30. The number of phenolic OH excluding ortho intramolecular Hbond substituents is 1. The van der Waals surface area contributed by atoms with Crippen LogP contribution in [0.5, 0.6) is 5.75 Å². The highest BCUT2D eigenvalue weighted by Gasteiger charge is 2.21. The molecule has 0 unspecified atom stereocenters. The topological polar surface area (TPSA) is 75.6 Å². The molecule has 0 radical (unpaired) electrons. The molecule has 0 bridgehead atoms. The lowest BCUT2D eigenvalue weighted by Crippen LogP contribution is -2.43. The standard InChI is InChI=1S/C14H19NO4/c1-3-13(17)15-12(14(18)19-4-2)9-10-5-7-11(16)8-6-10/h5-8,12,16H,3-4,9H2,1-2H3,(H,15,17)/t12-/m0/s1. The highest BCUT2D eigenvalue weighted by atomic mass is 16.5. The summed E-state index contributed by atoms with van der Waals surface area (Å²) in [7, 11) is 0. The Hall–Kier alpha value is -2.04. The number of hydrogen-bond acceptors (Lipinski definition) is 4. The van der Waals surface area contributed by atoms with E-state index in [9.17, 15) is 14.7 Å². The van der Waals surface area contributed by atoms with Crippen LogP contribution in [0.1, 0.15) is 25.8 Å². The molecule has 5 nitrogen and oxygen atoms in total. The molecule has 1 amide bonds. The average Bonchev–Trinajstić information content (AvgIpc) is 2.40. The van der Waals surface area contributed by atoms with Gasteiger partial charge >= 0.3 is 5.97 Å². The maximum absolute atomic E-state index is 11.8. The maximum Gasteiger partial charge on any atom is 0.328 e. The van der Waals surface area contributed by atoms with E-state index in [0.29, 0.717) is 12.8 Å². The summed E-state index contributed by atoms with van der Waals surface area (Å²) in [6.07, 6.45) is 0.649. The maximum atomic E-state index is 11.8. The third-order valence-electron chi connectivity index (χ3n) is 2.60. The first-order valence-electron chi connectivity index (χ1n) is 6.30. The van der Waals surface area contributed by atoms with Gasteiger partial charge in [-0.3, -0.25) is 4.79 Å². The van der Waals surface area contributed by atoms with Crippen LogP contribution in [0, 0.1) is 0 Å². The number of rotatable bonds is 6. The minimum Gasteiger partial charge on any atom is -0.508 e. The molecule has 104 valence electrons. The molecular formula is C14H19NO4. The monoisotopic (exact) mass is 265 g/mol. The third kappa shape index (κ3) is 4.99. The van der Waals surface area contributed by atoms with Gasteiger partial charge in [-0.1, -0.05) is 19.1 Å². The molecule has 0 aliphatic heterocycles. The molecule has 0 aliphatic carbocycles. The lowest BCUT2D eigenvalue weighted by Gasteiger charge is -2.17. The predicted molar refractivity (Wildman–Crippen MR) is 70.7 cm³/mol. The minimum atomic E-state index is -0.697. The molecule has 5 heteroatoms. The first kappa shape index (κ1) is 15.0. The van der Waals surface area contributed by atoms with E-state index in [0.717, 1.165) is 5.56 Å². The number of nitrogens with one attached hydrogen (secondary N) is 1. The molecular weight excluding hydrogens is 246 g/mol. The van der Waals surface area contributed by atoms with Crippen molar-refractivity contribution in [3.05, 3.63) is 29.8 Å². The molecule has 1 aromatic rings. The van der Waals surface area contributed by atoms with Crippen molar-refractivity contribution in [1.82, 2.24) is 5.32 Å². The molecule has 0 aliphatic rings. The zero-order valence-corrected chi connectivity index (χ0v) is 11.2. The van der Waals surface area contributed by atoms with Gasteiger partial charge in [0, 0.05) is 12.8 Å². The molecule has 0 spiro atoms. The van der Waals surface area contributed by atoms with Crippen LogP contribution in [0.3, 0.4) is 0 Å². The number of amides is 1. The Balaban J connectivity index is 2.75. The summed E-state index contributed by atoms with van der Waals surface area (Å²) in [6, 6.07) is 5.80. The van der Waals surface area contributed by atoms with Crippen molar-refractivity contribution in [2.45, 2.75) is 32.7 Å². The number of hydrogen-bond donors (Lipinski definition) is 2. The number of phenols is 1. The number of carbonyl (C=O) groups is 2. The smallest absolute Gasteiger partial charge is 0.328 e. The van der Waals surface area contributed by atoms with Crippen LogP contribution < -0.4 is 5.32 Å². The van der Waals surface area contributed by atoms with E-state index in [4.69, 9.17) is 4.74 Å². The van der Waals surface area contributed by atoms with Crippen LogP contribution in [0.15, 0.2) is 24.3 Å². The summed E-state index contributed by atoms with van der Waals surface area (Å²) in [5.41, 5.74) is 0.840. The van der Waals surface area contributed by atoms with Gasteiger partial charge in [0.05, 0.1) is 6.61 Å². The molecule has 1 atom stereocenters. The second-order valence-corrected chi connectivity index (χ2v) is 4.10. The molecule has 1 aromatic carbocycles. The lowest BCUT2D eigenvalue weighted by molar-refractivity contribution is -0.147. The highest BCUT2D eigenvalue weighted by Crippen LogP contribution is 2.12. The highest BCUT2D eigenvalue weighted by molar-refractivity contribution is 5.84. The van der Waals surface area contributed by atoms with Gasteiger partial charge in [0.15, 0.2) is 0 Å². The molecule has 19 heavy (non-hydrogen) atoms. The molecule has 2 N–H and O–H groups in total. The Morgan fingerprint density at radius 2 is 1.89 bits per heavy atom.